The maximum atomic E-state index is 9.81. The lowest BCUT2D eigenvalue weighted by Gasteiger charge is -2.15. The number of hydrogen-bond acceptors (Lipinski definition) is 4. The minimum absolute atomic E-state index is 0.307. The van der Waals surface area contributed by atoms with Gasteiger partial charge in [-0.1, -0.05) is 12.1 Å². The molecule has 2 N–H and O–H groups in total. The van der Waals surface area contributed by atoms with Crippen LogP contribution in [0.1, 0.15) is 17.5 Å². The Hall–Kier alpha value is -1.10. The zero-order valence-corrected chi connectivity index (χ0v) is 12.1. The van der Waals surface area contributed by atoms with Gasteiger partial charge in [0.1, 0.15) is 18.5 Å². The van der Waals surface area contributed by atoms with Crippen molar-refractivity contribution in [1.82, 2.24) is 5.32 Å². The van der Waals surface area contributed by atoms with E-state index in [1.807, 2.05) is 26.0 Å². The molecule has 1 aromatic rings. The van der Waals surface area contributed by atoms with Crippen LogP contribution >= 0.6 is 0 Å². The quantitative estimate of drug-likeness (QED) is 0.668. The van der Waals surface area contributed by atoms with Crippen molar-refractivity contribution in [3.63, 3.8) is 0 Å². The minimum Gasteiger partial charge on any atom is -0.491 e. The average Bonchev–Trinajstić information content (AvgIpc) is 2.39. The van der Waals surface area contributed by atoms with Crippen LogP contribution in [0.4, 0.5) is 0 Å². The van der Waals surface area contributed by atoms with Crippen molar-refractivity contribution >= 4 is 0 Å². The highest BCUT2D eigenvalue weighted by molar-refractivity contribution is 5.35. The fourth-order valence-electron chi connectivity index (χ4n) is 1.72. The van der Waals surface area contributed by atoms with Crippen LogP contribution in [0.3, 0.4) is 0 Å². The molecular weight excluding hydrogens is 242 g/mol. The highest BCUT2D eigenvalue weighted by atomic mass is 16.5. The molecule has 0 saturated carbocycles. The van der Waals surface area contributed by atoms with Crippen molar-refractivity contribution < 1.29 is 14.6 Å². The molecule has 1 aromatic carbocycles. The van der Waals surface area contributed by atoms with Gasteiger partial charge in [-0.25, -0.2) is 0 Å². The van der Waals surface area contributed by atoms with Gasteiger partial charge in [-0.3, -0.25) is 0 Å². The summed E-state index contributed by atoms with van der Waals surface area (Å²) in [5, 5.41) is 13.0. The predicted octanol–water partition coefficient (Wildman–Crippen LogP) is 1.67. The molecule has 0 aliphatic heterocycles. The van der Waals surface area contributed by atoms with Crippen LogP contribution in [0.2, 0.25) is 0 Å². The summed E-state index contributed by atoms with van der Waals surface area (Å²) in [6, 6.07) is 6.07. The number of aliphatic hydroxyl groups excluding tert-OH is 1. The van der Waals surface area contributed by atoms with E-state index < -0.39 is 6.10 Å². The summed E-state index contributed by atoms with van der Waals surface area (Å²) >= 11 is 0. The third-order valence-electron chi connectivity index (χ3n) is 2.86. The van der Waals surface area contributed by atoms with Gasteiger partial charge in [-0.15, -0.1) is 0 Å². The summed E-state index contributed by atoms with van der Waals surface area (Å²) in [6.07, 6.45) is 0.448. The van der Waals surface area contributed by atoms with Crippen LogP contribution in [0, 0.1) is 13.8 Å². The zero-order chi connectivity index (χ0) is 14.1. The maximum Gasteiger partial charge on any atom is 0.122 e. The second-order valence-corrected chi connectivity index (χ2v) is 4.78. The molecule has 0 aliphatic rings. The van der Waals surface area contributed by atoms with Gasteiger partial charge in [-0.2, -0.15) is 0 Å². The smallest absolute Gasteiger partial charge is 0.122 e. The number of aliphatic hydroxyl groups is 1. The number of benzene rings is 1. The van der Waals surface area contributed by atoms with Crippen LogP contribution in [-0.4, -0.2) is 44.6 Å². The zero-order valence-electron chi connectivity index (χ0n) is 12.1. The lowest BCUT2D eigenvalue weighted by molar-refractivity contribution is 0.105. The van der Waals surface area contributed by atoms with Crippen molar-refractivity contribution in [1.29, 1.82) is 0 Å². The number of aryl methyl sites for hydroxylation is 2. The Balaban J connectivity index is 2.22. The highest BCUT2D eigenvalue weighted by Crippen LogP contribution is 2.19. The van der Waals surface area contributed by atoms with Crippen molar-refractivity contribution in [2.45, 2.75) is 26.4 Å². The van der Waals surface area contributed by atoms with Crippen LogP contribution in [0.5, 0.6) is 5.75 Å². The van der Waals surface area contributed by atoms with Gasteiger partial charge < -0.3 is 19.9 Å². The van der Waals surface area contributed by atoms with Crippen molar-refractivity contribution in [2.24, 2.45) is 0 Å². The van der Waals surface area contributed by atoms with E-state index in [1.165, 1.54) is 0 Å². The monoisotopic (exact) mass is 267 g/mol. The first-order valence-electron chi connectivity index (χ1n) is 6.71. The van der Waals surface area contributed by atoms with Gasteiger partial charge in [-0.05, 0) is 44.0 Å². The molecule has 1 rings (SSSR count). The number of rotatable bonds is 9. The molecule has 4 heteroatoms. The molecule has 19 heavy (non-hydrogen) atoms. The molecule has 0 amide bonds. The van der Waals surface area contributed by atoms with E-state index in [2.05, 4.69) is 11.4 Å². The molecule has 0 aliphatic carbocycles. The van der Waals surface area contributed by atoms with Crippen LogP contribution in [0.15, 0.2) is 18.2 Å². The normalized spacial score (nSPS) is 12.4. The van der Waals surface area contributed by atoms with Crippen LogP contribution in [-0.2, 0) is 4.74 Å². The Morgan fingerprint density at radius 3 is 2.84 bits per heavy atom. The molecule has 1 unspecified atom stereocenters. The van der Waals surface area contributed by atoms with Gasteiger partial charge in [0.15, 0.2) is 0 Å². The van der Waals surface area contributed by atoms with E-state index in [9.17, 15) is 5.11 Å². The van der Waals surface area contributed by atoms with Gasteiger partial charge in [0.05, 0.1) is 0 Å². The lowest BCUT2D eigenvalue weighted by atomic mass is 10.1. The first-order chi connectivity index (χ1) is 9.13. The molecule has 1 atom stereocenters. The molecule has 0 spiro atoms. The van der Waals surface area contributed by atoms with Crippen LogP contribution < -0.4 is 10.1 Å². The number of nitrogens with one attached hydrogen (secondary N) is 1. The Bertz CT molecular complexity index is 368. The lowest BCUT2D eigenvalue weighted by Crippen LogP contribution is -2.32. The molecule has 108 valence electrons. The molecule has 0 aromatic heterocycles. The fourth-order valence-corrected chi connectivity index (χ4v) is 1.72. The van der Waals surface area contributed by atoms with Crippen molar-refractivity contribution in [3.05, 3.63) is 29.3 Å². The largest absolute Gasteiger partial charge is 0.491 e. The molecular formula is C15H25NO3. The Morgan fingerprint density at radius 2 is 2.11 bits per heavy atom. The predicted molar refractivity (Wildman–Crippen MR) is 76.8 cm³/mol. The fraction of sp³-hybridized carbons (Fsp3) is 0.600. The number of ether oxygens (including phenoxy) is 2. The summed E-state index contributed by atoms with van der Waals surface area (Å²) in [4.78, 5) is 0. The Kier molecular flexibility index (Phi) is 7.48. The van der Waals surface area contributed by atoms with Crippen LogP contribution in [0.25, 0.3) is 0 Å². The van der Waals surface area contributed by atoms with E-state index in [4.69, 9.17) is 9.47 Å². The van der Waals surface area contributed by atoms with Crippen molar-refractivity contribution in [2.75, 3.05) is 33.4 Å². The van der Waals surface area contributed by atoms with Gasteiger partial charge in [0.25, 0.3) is 0 Å². The van der Waals surface area contributed by atoms with Gasteiger partial charge in [0.2, 0.25) is 0 Å². The summed E-state index contributed by atoms with van der Waals surface area (Å²) in [7, 11) is 1.69. The highest BCUT2D eigenvalue weighted by Gasteiger charge is 2.06. The minimum atomic E-state index is -0.498. The Labute approximate surface area is 115 Å². The SMILES string of the molecule is COCCCNCC(O)COc1cc(C)ccc1C. The molecule has 0 radical (unpaired) electrons. The molecule has 0 fully saturated rings. The van der Waals surface area contributed by atoms with Gasteiger partial charge >= 0.3 is 0 Å². The second-order valence-electron chi connectivity index (χ2n) is 4.78. The topological polar surface area (TPSA) is 50.7 Å². The number of hydrogen-bond donors (Lipinski definition) is 2. The molecule has 0 heterocycles. The molecule has 4 nitrogen and oxygen atoms in total. The average molecular weight is 267 g/mol. The van der Waals surface area contributed by atoms with E-state index in [1.54, 1.807) is 7.11 Å². The van der Waals surface area contributed by atoms with E-state index in [0.717, 1.165) is 36.4 Å². The third-order valence-corrected chi connectivity index (χ3v) is 2.86. The van der Waals surface area contributed by atoms with E-state index in [-0.39, 0.29) is 0 Å². The maximum absolute atomic E-state index is 9.81. The molecule has 0 bridgehead atoms. The molecule has 0 saturated heterocycles. The summed E-state index contributed by atoms with van der Waals surface area (Å²) in [5.74, 6) is 0.846. The summed E-state index contributed by atoms with van der Waals surface area (Å²) < 4.78 is 10.6. The third kappa shape index (κ3) is 6.57. The first-order valence-corrected chi connectivity index (χ1v) is 6.71. The summed E-state index contributed by atoms with van der Waals surface area (Å²) in [5.41, 5.74) is 2.25. The second kappa shape index (κ2) is 8.91. The standard InChI is InChI=1S/C15H25NO3/c1-12-5-6-13(2)15(9-12)19-11-14(17)10-16-7-4-8-18-3/h5-6,9,14,16-17H,4,7-8,10-11H2,1-3H3. The Morgan fingerprint density at radius 1 is 1.32 bits per heavy atom. The van der Waals surface area contributed by atoms with Gasteiger partial charge in [0, 0.05) is 20.3 Å². The van der Waals surface area contributed by atoms with E-state index >= 15 is 0 Å². The van der Waals surface area contributed by atoms with Crippen molar-refractivity contribution in [3.8, 4) is 5.75 Å². The van der Waals surface area contributed by atoms with E-state index in [0.29, 0.717) is 13.2 Å². The first kappa shape index (κ1) is 16.0. The summed E-state index contributed by atoms with van der Waals surface area (Å²) in [6.45, 7) is 6.46. The number of methoxy groups -OCH3 is 1.